The van der Waals surface area contributed by atoms with E-state index in [1.54, 1.807) is 14.0 Å². The van der Waals surface area contributed by atoms with Crippen LogP contribution in [0.15, 0.2) is 15.4 Å². The summed E-state index contributed by atoms with van der Waals surface area (Å²) in [5.74, 6) is 0.862. The van der Waals surface area contributed by atoms with E-state index < -0.39 is 10.0 Å². The fraction of sp³-hybridized carbons (Fsp3) is 0.692. The van der Waals surface area contributed by atoms with Crippen LogP contribution >= 0.6 is 0 Å². The van der Waals surface area contributed by atoms with Crippen LogP contribution in [0.3, 0.4) is 0 Å². The summed E-state index contributed by atoms with van der Waals surface area (Å²) in [4.78, 5) is 0.201. The van der Waals surface area contributed by atoms with Crippen molar-refractivity contribution in [2.24, 2.45) is 11.1 Å². The van der Waals surface area contributed by atoms with E-state index in [1.165, 1.54) is 10.4 Å². The van der Waals surface area contributed by atoms with Gasteiger partial charge in [0.1, 0.15) is 16.4 Å². The number of aryl methyl sites for hydroxylation is 1. The van der Waals surface area contributed by atoms with Crippen molar-refractivity contribution in [3.05, 3.63) is 17.6 Å². The van der Waals surface area contributed by atoms with E-state index in [0.29, 0.717) is 11.5 Å². The normalized spacial score (nSPS) is 14.9. The highest BCUT2D eigenvalue weighted by Gasteiger charge is 2.34. The minimum Gasteiger partial charge on any atom is -0.464 e. The number of nitrogens with two attached hydrogens (primary N) is 1. The minimum absolute atomic E-state index is 0.131. The van der Waals surface area contributed by atoms with Crippen molar-refractivity contribution in [3.8, 4) is 0 Å². The maximum absolute atomic E-state index is 12.6. The molecular formula is C13H24N2O3S. The summed E-state index contributed by atoms with van der Waals surface area (Å²) >= 11 is 0. The lowest BCUT2D eigenvalue weighted by Gasteiger charge is -2.34. The molecule has 0 amide bonds. The van der Waals surface area contributed by atoms with Gasteiger partial charge in [-0.15, -0.1) is 0 Å². The van der Waals surface area contributed by atoms with Crippen molar-refractivity contribution in [1.29, 1.82) is 0 Å². The molecule has 0 bridgehead atoms. The molecule has 0 saturated heterocycles. The average molecular weight is 288 g/mol. The molecule has 0 spiro atoms. The van der Waals surface area contributed by atoms with Crippen LogP contribution < -0.4 is 5.73 Å². The number of hydrogen-bond acceptors (Lipinski definition) is 4. The second kappa shape index (κ2) is 5.26. The van der Waals surface area contributed by atoms with Crippen molar-refractivity contribution < 1.29 is 12.8 Å². The molecule has 1 aromatic rings. The number of sulfonamides is 1. The van der Waals surface area contributed by atoms with Crippen molar-refractivity contribution in [2.45, 2.75) is 52.1 Å². The highest BCUT2D eigenvalue weighted by atomic mass is 32.2. The number of furan rings is 1. The van der Waals surface area contributed by atoms with Crippen molar-refractivity contribution >= 4 is 10.0 Å². The number of hydrogen-bond donors (Lipinski definition) is 1. The second-order valence-electron chi connectivity index (χ2n) is 5.90. The molecule has 1 aromatic heterocycles. The Morgan fingerprint density at radius 1 is 1.42 bits per heavy atom. The summed E-state index contributed by atoms with van der Waals surface area (Å²) in [5.41, 5.74) is 5.34. The van der Waals surface area contributed by atoms with E-state index in [9.17, 15) is 8.42 Å². The van der Waals surface area contributed by atoms with Crippen LogP contribution in [0.5, 0.6) is 0 Å². The van der Waals surface area contributed by atoms with Crippen LogP contribution in [0.4, 0.5) is 0 Å². The Labute approximate surface area is 115 Å². The van der Waals surface area contributed by atoms with Crippen LogP contribution in [-0.4, -0.2) is 25.8 Å². The van der Waals surface area contributed by atoms with Gasteiger partial charge in [-0.25, -0.2) is 8.42 Å². The Bertz CT molecular complexity index is 541. The molecule has 0 radical (unpaired) electrons. The van der Waals surface area contributed by atoms with Gasteiger partial charge in [0.25, 0.3) is 0 Å². The molecule has 0 aromatic carbocycles. The maximum Gasteiger partial charge on any atom is 0.246 e. The van der Waals surface area contributed by atoms with E-state index in [0.717, 1.165) is 0 Å². The summed E-state index contributed by atoms with van der Waals surface area (Å²) < 4.78 is 31.9. The number of nitrogens with zero attached hydrogens (tertiary/aromatic N) is 1. The van der Waals surface area contributed by atoms with Gasteiger partial charge in [0.2, 0.25) is 10.0 Å². The van der Waals surface area contributed by atoms with E-state index in [-0.39, 0.29) is 22.9 Å². The van der Waals surface area contributed by atoms with Crippen LogP contribution in [0, 0.1) is 12.3 Å². The third-order valence-electron chi connectivity index (χ3n) is 3.58. The molecule has 0 aliphatic rings. The predicted molar refractivity (Wildman–Crippen MR) is 75.2 cm³/mol. The Balaban J connectivity index is 3.20. The first-order chi connectivity index (χ1) is 8.51. The van der Waals surface area contributed by atoms with Gasteiger partial charge >= 0.3 is 0 Å². The first kappa shape index (κ1) is 16.2. The summed E-state index contributed by atoms with van der Waals surface area (Å²) in [7, 11) is -1.96. The van der Waals surface area contributed by atoms with Gasteiger partial charge in [-0.3, -0.25) is 0 Å². The van der Waals surface area contributed by atoms with E-state index >= 15 is 0 Å². The molecule has 2 N–H and O–H groups in total. The third kappa shape index (κ3) is 3.19. The smallest absolute Gasteiger partial charge is 0.246 e. The zero-order valence-electron chi connectivity index (χ0n) is 12.5. The van der Waals surface area contributed by atoms with Gasteiger partial charge in [-0.1, -0.05) is 20.8 Å². The van der Waals surface area contributed by atoms with Crippen molar-refractivity contribution in [1.82, 2.24) is 4.31 Å². The van der Waals surface area contributed by atoms with E-state index in [2.05, 4.69) is 0 Å². The third-order valence-corrected chi connectivity index (χ3v) is 5.62. The van der Waals surface area contributed by atoms with Gasteiger partial charge in [0, 0.05) is 19.2 Å². The molecular weight excluding hydrogens is 264 g/mol. The molecule has 0 aliphatic heterocycles. The molecule has 0 saturated carbocycles. The largest absolute Gasteiger partial charge is 0.464 e. The molecule has 0 aliphatic carbocycles. The lowest BCUT2D eigenvalue weighted by molar-refractivity contribution is 0.216. The molecule has 5 nitrogen and oxygen atoms in total. The standard InChI is InChI=1S/C13H24N2O3S/c1-9-12(7-11(8-14)18-9)19(16,17)15(6)10(2)13(3,4)5/h7,10H,8,14H2,1-6H3. The monoisotopic (exact) mass is 288 g/mol. The Morgan fingerprint density at radius 2 is 1.95 bits per heavy atom. The lowest BCUT2D eigenvalue weighted by Crippen LogP contribution is -2.42. The van der Waals surface area contributed by atoms with Crippen molar-refractivity contribution in [2.75, 3.05) is 7.05 Å². The second-order valence-corrected chi connectivity index (χ2v) is 7.87. The van der Waals surface area contributed by atoms with Gasteiger partial charge in [-0.2, -0.15) is 4.31 Å². The molecule has 110 valence electrons. The van der Waals surface area contributed by atoms with E-state index in [4.69, 9.17) is 10.2 Å². The lowest BCUT2D eigenvalue weighted by atomic mass is 9.88. The van der Waals surface area contributed by atoms with Crippen LogP contribution in [0.2, 0.25) is 0 Å². The maximum atomic E-state index is 12.6. The highest BCUT2D eigenvalue weighted by Crippen LogP contribution is 2.29. The first-order valence-electron chi connectivity index (χ1n) is 6.29. The zero-order chi connectivity index (χ0) is 15.0. The molecule has 1 unspecified atom stereocenters. The molecule has 1 heterocycles. The van der Waals surface area contributed by atoms with Crippen LogP contribution in [0.1, 0.15) is 39.2 Å². The summed E-state index contributed by atoms with van der Waals surface area (Å²) in [6.45, 7) is 9.76. The topological polar surface area (TPSA) is 76.5 Å². The zero-order valence-corrected chi connectivity index (χ0v) is 13.3. The summed E-state index contributed by atoms with van der Waals surface area (Å²) in [6, 6.07) is 1.38. The molecule has 1 rings (SSSR count). The Hall–Kier alpha value is -0.850. The number of rotatable bonds is 4. The fourth-order valence-electron chi connectivity index (χ4n) is 1.79. The molecule has 19 heavy (non-hydrogen) atoms. The minimum atomic E-state index is -3.56. The van der Waals surface area contributed by atoms with Gasteiger partial charge in [-0.05, 0) is 19.3 Å². The first-order valence-corrected chi connectivity index (χ1v) is 7.73. The van der Waals surface area contributed by atoms with Gasteiger partial charge < -0.3 is 10.2 Å². The van der Waals surface area contributed by atoms with Crippen LogP contribution in [0.25, 0.3) is 0 Å². The summed E-state index contributed by atoms with van der Waals surface area (Å²) in [6.07, 6.45) is 0. The Kier molecular flexibility index (Phi) is 4.49. The SMILES string of the molecule is Cc1oc(CN)cc1S(=O)(=O)N(C)C(C)C(C)(C)C. The van der Waals surface area contributed by atoms with Crippen molar-refractivity contribution in [3.63, 3.8) is 0 Å². The molecule has 0 fully saturated rings. The average Bonchev–Trinajstić information content (AvgIpc) is 2.68. The summed E-state index contributed by atoms with van der Waals surface area (Å²) in [5, 5.41) is 0. The quantitative estimate of drug-likeness (QED) is 0.920. The predicted octanol–water partition coefficient (Wildman–Crippen LogP) is 2.10. The molecule has 6 heteroatoms. The van der Waals surface area contributed by atoms with Crippen LogP contribution in [-0.2, 0) is 16.6 Å². The Morgan fingerprint density at radius 3 is 2.32 bits per heavy atom. The fourth-order valence-corrected chi connectivity index (χ4v) is 3.52. The van der Waals surface area contributed by atoms with Gasteiger partial charge in [0.05, 0.1) is 6.54 Å². The van der Waals surface area contributed by atoms with E-state index in [1.807, 2.05) is 27.7 Å². The molecule has 1 atom stereocenters. The van der Waals surface area contributed by atoms with Gasteiger partial charge in [0.15, 0.2) is 0 Å². The highest BCUT2D eigenvalue weighted by molar-refractivity contribution is 7.89.